The summed E-state index contributed by atoms with van der Waals surface area (Å²) in [5.74, 6) is -0.265. The Morgan fingerprint density at radius 2 is 1.64 bits per heavy atom. The van der Waals surface area contributed by atoms with Crippen molar-refractivity contribution in [1.82, 2.24) is 0 Å². The average molecular weight is 365 g/mol. The zero-order valence-electron chi connectivity index (χ0n) is 11.1. The Labute approximate surface area is 133 Å². The lowest BCUT2D eigenvalue weighted by Gasteiger charge is -2.05. The Kier molecular flexibility index (Phi) is 4.62. The monoisotopic (exact) mass is 364 g/mol. The number of alkyl halides is 1. The minimum Gasteiger partial charge on any atom is -0.293 e. The van der Waals surface area contributed by atoms with E-state index in [0.717, 1.165) is 0 Å². The summed E-state index contributed by atoms with van der Waals surface area (Å²) in [4.78, 5) is 32.3. The Hall–Kier alpha value is -2.61. The molecule has 0 saturated heterocycles. The largest absolute Gasteiger partial charge is 0.293 e. The van der Waals surface area contributed by atoms with Gasteiger partial charge in [-0.05, 0) is 23.8 Å². The van der Waals surface area contributed by atoms with Crippen molar-refractivity contribution in [2.75, 3.05) is 5.33 Å². The Morgan fingerprint density at radius 3 is 2.14 bits per heavy atom. The number of benzene rings is 2. The third kappa shape index (κ3) is 3.17. The minimum atomic E-state index is -0.582. The molecule has 0 aliphatic heterocycles. The number of nitro benzene ring substituents is 2. The molecular formula is C14H9BrN2O5. The van der Waals surface area contributed by atoms with Gasteiger partial charge in [0.25, 0.3) is 11.4 Å². The Morgan fingerprint density at radius 1 is 1.00 bits per heavy atom. The number of non-ortho nitro benzene ring substituents is 1. The van der Waals surface area contributed by atoms with E-state index in [0.29, 0.717) is 11.1 Å². The molecule has 0 aliphatic rings. The highest BCUT2D eigenvalue weighted by Gasteiger charge is 2.19. The molecule has 0 N–H and O–H groups in total. The van der Waals surface area contributed by atoms with Crippen LogP contribution in [0.25, 0.3) is 11.1 Å². The summed E-state index contributed by atoms with van der Waals surface area (Å²) < 4.78 is 0. The number of rotatable bonds is 5. The smallest absolute Gasteiger partial charge is 0.277 e. The van der Waals surface area contributed by atoms with E-state index in [1.807, 2.05) is 0 Å². The maximum Gasteiger partial charge on any atom is 0.277 e. The zero-order chi connectivity index (χ0) is 16.3. The van der Waals surface area contributed by atoms with E-state index in [4.69, 9.17) is 0 Å². The first-order valence-corrected chi connectivity index (χ1v) is 7.18. The molecule has 0 saturated carbocycles. The lowest BCUT2D eigenvalue weighted by Crippen LogP contribution is -2.02. The van der Waals surface area contributed by atoms with Gasteiger partial charge in [-0.1, -0.05) is 22.0 Å². The van der Waals surface area contributed by atoms with Crippen LogP contribution in [0.3, 0.4) is 0 Å². The van der Waals surface area contributed by atoms with Gasteiger partial charge in [-0.3, -0.25) is 25.0 Å². The Balaban J connectivity index is 2.52. The molecule has 0 heterocycles. The average Bonchev–Trinajstić information content (AvgIpc) is 2.53. The van der Waals surface area contributed by atoms with E-state index < -0.39 is 9.85 Å². The van der Waals surface area contributed by atoms with Gasteiger partial charge in [0.15, 0.2) is 5.78 Å². The van der Waals surface area contributed by atoms with Crippen molar-refractivity contribution in [3.63, 3.8) is 0 Å². The summed E-state index contributed by atoms with van der Waals surface area (Å²) in [5.41, 5.74) is 0.675. The van der Waals surface area contributed by atoms with Gasteiger partial charge in [-0.2, -0.15) is 0 Å². The van der Waals surface area contributed by atoms with Crippen LogP contribution in [0.5, 0.6) is 0 Å². The fourth-order valence-electron chi connectivity index (χ4n) is 1.94. The molecule has 0 aromatic heterocycles. The Bertz CT molecular complexity index is 758. The number of carbonyl (C=O) groups is 1. The van der Waals surface area contributed by atoms with Crippen LogP contribution in [0.15, 0.2) is 42.5 Å². The van der Waals surface area contributed by atoms with Gasteiger partial charge >= 0.3 is 0 Å². The number of hydrogen-bond acceptors (Lipinski definition) is 5. The number of ketones is 1. The van der Waals surface area contributed by atoms with Crippen LogP contribution >= 0.6 is 15.9 Å². The van der Waals surface area contributed by atoms with Crippen LogP contribution in [0.4, 0.5) is 11.4 Å². The van der Waals surface area contributed by atoms with E-state index in [1.54, 1.807) is 0 Å². The molecule has 8 heteroatoms. The highest BCUT2D eigenvalue weighted by Crippen LogP contribution is 2.32. The molecule has 0 bridgehead atoms. The van der Waals surface area contributed by atoms with Gasteiger partial charge in [0.05, 0.1) is 20.7 Å². The van der Waals surface area contributed by atoms with Crippen molar-refractivity contribution < 1.29 is 14.6 Å². The molecule has 7 nitrogen and oxygen atoms in total. The van der Waals surface area contributed by atoms with E-state index in [-0.39, 0.29) is 28.1 Å². The van der Waals surface area contributed by atoms with Crippen molar-refractivity contribution in [1.29, 1.82) is 0 Å². The molecule has 0 fully saturated rings. The van der Waals surface area contributed by atoms with Gasteiger partial charge in [0, 0.05) is 23.8 Å². The minimum absolute atomic E-state index is 0.0705. The molecule has 0 aliphatic carbocycles. The van der Waals surface area contributed by atoms with Crippen molar-refractivity contribution in [2.45, 2.75) is 0 Å². The van der Waals surface area contributed by atoms with Crippen LogP contribution in [0.2, 0.25) is 0 Å². The molecule has 112 valence electrons. The zero-order valence-corrected chi connectivity index (χ0v) is 12.6. The van der Waals surface area contributed by atoms with Crippen LogP contribution in [0.1, 0.15) is 10.4 Å². The van der Waals surface area contributed by atoms with E-state index in [2.05, 4.69) is 15.9 Å². The second-order valence-electron chi connectivity index (χ2n) is 4.35. The number of carbonyl (C=O) groups excluding carboxylic acids is 1. The first-order chi connectivity index (χ1) is 10.4. The summed E-state index contributed by atoms with van der Waals surface area (Å²) in [6, 6.07) is 9.59. The first kappa shape index (κ1) is 15.8. The molecule has 0 spiro atoms. The lowest BCUT2D eigenvalue weighted by molar-refractivity contribution is -0.385. The second-order valence-corrected chi connectivity index (χ2v) is 4.91. The molecule has 2 rings (SSSR count). The molecule has 0 amide bonds. The third-order valence-electron chi connectivity index (χ3n) is 3.03. The van der Waals surface area contributed by atoms with Gasteiger partial charge < -0.3 is 0 Å². The molecule has 22 heavy (non-hydrogen) atoms. The van der Waals surface area contributed by atoms with Crippen molar-refractivity contribution >= 4 is 33.1 Å². The van der Waals surface area contributed by atoms with Crippen LogP contribution < -0.4 is 0 Å². The van der Waals surface area contributed by atoms with Gasteiger partial charge in [0.2, 0.25) is 0 Å². The maximum atomic E-state index is 11.6. The standard InChI is InChI=1S/C14H9BrN2O5/c15-8-14(18)10-3-6-12(13(7-10)17(21)22)9-1-4-11(5-2-9)16(19)20/h1-7H,8H2. The topological polar surface area (TPSA) is 103 Å². The number of hydrogen-bond donors (Lipinski definition) is 0. The number of nitrogens with zero attached hydrogens (tertiary/aromatic N) is 2. The van der Waals surface area contributed by atoms with Crippen LogP contribution in [0, 0.1) is 20.2 Å². The van der Waals surface area contributed by atoms with Crippen LogP contribution in [-0.4, -0.2) is 21.0 Å². The number of nitro groups is 2. The van der Waals surface area contributed by atoms with Crippen LogP contribution in [-0.2, 0) is 0 Å². The number of halogens is 1. The van der Waals surface area contributed by atoms with E-state index in [1.165, 1.54) is 42.5 Å². The summed E-state index contributed by atoms with van der Waals surface area (Å²) in [7, 11) is 0. The maximum absolute atomic E-state index is 11.6. The third-order valence-corrected chi connectivity index (χ3v) is 3.54. The van der Waals surface area contributed by atoms with Gasteiger partial charge in [-0.15, -0.1) is 0 Å². The van der Waals surface area contributed by atoms with E-state index >= 15 is 0 Å². The summed E-state index contributed by atoms with van der Waals surface area (Å²) in [5, 5.41) is 21.9. The highest BCUT2D eigenvalue weighted by atomic mass is 79.9. The molecule has 0 atom stereocenters. The molecule has 2 aromatic carbocycles. The SMILES string of the molecule is O=C(CBr)c1ccc(-c2ccc([N+](=O)[O-])cc2)c([N+](=O)[O-])c1. The first-order valence-electron chi connectivity index (χ1n) is 6.06. The normalized spacial score (nSPS) is 10.2. The van der Waals surface area contributed by atoms with Crippen molar-refractivity contribution in [2.24, 2.45) is 0 Å². The predicted molar refractivity (Wildman–Crippen MR) is 83.3 cm³/mol. The quantitative estimate of drug-likeness (QED) is 0.347. The van der Waals surface area contributed by atoms with Gasteiger partial charge in [-0.25, -0.2) is 0 Å². The summed E-state index contributed by atoms with van der Waals surface area (Å²) >= 11 is 3.01. The lowest BCUT2D eigenvalue weighted by atomic mass is 10.00. The fourth-order valence-corrected chi connectivity index (χ4v) is 2.26. The summed E-state index contributed by atoms with van der Waals surface area (Å²) in [6.45, 7) is 0. The van der Waals surface area contributed by atoms with Gasteiger partial charge in [0.1, 0.15) is 0 Å². The molecule has 2 aromatic rings. The predicted octanol–water partition coefficient (Wildman–Crippen LogP) is 3.75. The molecular weight excluding hydrogens is 356 g/mol. The molecule has 0 unspecified atom stereocenters. The summed E-state index contributed by atoms with van der Waals surface area (Å²) in [6.07, 6.45) is 0. The highest BCUT2D eigenvalue weighted by molar-refractivity contribution is 9.09. The van der Waals surface area contributed by atoms with E-state index in [9.17, 15) is 25.0 Å². The van der Waals surface area contributed by atoms with Crippen molar-refractivity contribution in [3.05, 3.63) is 68.3 Å². The second kappa shape index (κ2) is 6.44. The number of Topliss-reactive ketones (excluding diaryl/α,β-unsaturated/α-hetero) is 1. The fraction of sp³-hybridized carbons (Fsp3) is 0.0714. The van der Waals surface area contributed by atoms with Crippen molar-refractivity contribution in [3.8, 4) is 11.1 Å². The molecule has 0 radical (unpaired) electrons.